The van der Waals surface area contributed by atoms with E-state index < -0.39 is 15.8 Å². The Labute approximate surface area is 183 Å². The summed E-state index contributed by atoms with van der Waals surface area (Å²) in [5.74, 6) is -0.826. The normalized spacial score (nSPS) is 17.0. The summed E-state index contributed by atoms with van der Waals surface area (Å²) >= 11 is 5.99. The Kier molecular flexibility index (Phi) is 5.87. The molecule has 8 nitrogen and oxygen atoms in total. The summed E-state index contributed by atoms with van der Waals surface area (Å²) < 4.78 is 46.5. The van der Waals surface area contributed by atoms with E-state index in [1.165, 1.54) is 45.6 Å². The molecule has 2 aromatic carbocycles. The Morgan fingerprint density at radius 3 is 2.61 bits per heavy atom. The van der Waals surface area contributed by atoms with Gasteiger partial charge in [-0.1, -0.05) is 17.7 Å². The Balaban J connectivity index is 1.43. The van der Waals surface area contributed by atoms with Crippen LogP contribution in [0, 0.1) is 5.82 Å². The summed E-state index contributed by atoms with van der Waals surface area (Å²) in [5, 5.41) is 2.77. The predicted octanol–water partition coefficient (Wildman–Crippen LogP) is 1.89. The van der Waals surface area contributed by atoms with E-state index >= 15 is 0 Å². The van der Waals surface area contributed by atoms with Crippen LogP contribution in [0.2, 0.25) is 5.02 Å². The summed E-state index contributed by atoms with van der Waals surface area (Å²) in [6, 6.07) is 8.50. The molecule has 2 aliphatic rings. The summed E-state index contributed by atoms with van der Waals surface area (Å²) in [4.78, 5) is 25.6. The molecule has 2 aliphatic heterocycles. The number of sulfonamides is 1. The lowest BCUT2D eigenvalue weighted by atomic mass is 10.1. The van der Waals surface area contributed by atoms with Crippen molar-refractivity contribution in [2.45, 2.75) is 11.3 Å². The SMILES string of the molecule is O=C1COc2ccc(S(=O)(=O)N3CCN(C(=O)Cc4c(F)cccc4Cl)CC3)cc2N1. The van der Waals surface area contributed by atoms with Gasteiger partial charge in [0.1, 0.15) is 11.6 Å². The van der Waals surface area contributed by atoms with Crippen LogP contribution in [0.1, 0.15) is 5.56 Å². The maximum absolute atomic E-state index is 14.0. The van der Waals surface area contributed by atoms with Gasteiger partial charge in [0.25, 0.3) is 5.91 Å². The summed E-state index contributed by atoms with van der Waals surface area (Å²) in [6.07, 6.45) is -0.192. The number of piperazine rings is 1. The van der Waals surface area contributed by atoms with Gasteiger partial charge in [-0.2, -0.15) is 4.31 Å². The average Bonchev–Trinajstić information content (AvgIpc) is 2.75. The van der Waals surface area contributed by atoms with Gasteiger partial charge in [-0.05, 0) is 30.3 Å². The molecule has 0 unspecified atom stereocenters. The van der Waals surface area contributed by atoms with Gasteiger partial charge < -0.3 is 15.0 Å². The smallest absolute Gasteiger partial charge is 0.262 e. The van der Waals surface area contributed by atoms with Crippen LogP contribution in [0.5, 0.6) is 5.75 Å². The second-order valence-corrected chi connectivity index (χ2v) is 9.50. The van der Waals surface area contributed by atoms with Crippen molar-refractivity contribution >= 4 is 39.1 Å². The fraction of sp³-hybridized carbons (Fsp3) is 0.300. The van der Waals surface area contributed by atoms with Gasteiger partial charge >= 0.3 is 0 Å². The lowest BCUT2D eigenvalue weighted by molar-refractivity contribution is -0.131. The fourth-order valence-electron chi connectivity index (χ4n) is 3.51. The molecule has 0 atom stereocenters. The molecule has 2 aromatic rings. The number of hydrogen-bond acceptors (Lipinski definition) is 5. The molecule has 0 spiro atoms. The molecular formula is C20H19ClFN3O5S. The van der Waals surface area contributed by atoms with E-state index in [2.05, 4.69) is 5.32 Å². The Morgan fingerprint density at radius 1 is 1.16 bits per heavy atom. The summed E-state index contributed by atoms with van der Waals surface area (Å²) in [7, 11) is -3.83. The van der Waals surface area contributed by atoms with Gasteiger partial charge in [-0.15, -0.1) is 0 Å². The highest BCUT2D eigenvalue weighted by molar-refractivity contribution is 7.89. The van der Waals surface area contributed by atoms with Crippen molar-refractivity contribution in [1.29, 1.82) is 0 Å². The first kappa shape index (κ1) is 21.5. The molecule has 2 amide bonds. The zero-order valence-corrected chi connectivity index (χ0v) is 17.9. The highest BCUT2D eigenvalue weighted by Gasteiger charge is 2.31. The zero-order valence-electron chi connectivity index (χ0n) is 16.3. The average molecular weight is 468 g/mol. The number of anilines is 1. The van der Waals surface area contributed by atoms with Crippen molar-refractivity contribution in [3.8, 4) is 5.75 Å². The van der Waals surface area contributed by atoms with Gasteiger partial charge in [0.05, 0.1) is 17.0 Å². The summed E-state index contributed by atoms with van der Waals surface area (Å²) in [6.45, 7) is 0.426. The molecule has 0 aliphatic carbocycles. The quantitative estimate of drug-likeness (QED) is 0.740. The third kappa shape index (κ3) is 4.36. The third-order valence-corrected chi connectivity index (χ3v) is 7.45. The number of fused-ring (bicyclic) bond motifs is 1. The van der Waals surface area contributed by atoms with Gasteiger partial charge in [0, 0.05) is 36.8 Å². The highest BCUT2D eigenvalue weighted by atomic mass is 35.5. The van der Waals surface area contributed by atoms with Crippen LogP contribution in [-0.4, -0.2) is 62.2 Å². The van der Waals surface area contributed by atoms with Gasteiger partial charge in [-0.3, -0.25) is 9.59 Å². The van der Waals surface area contributed by atoms with Crippen LogP contribution in [0.4, 0.5) is 10.1 Å². The second-order valence-electron chi connectivity index (χ2n) is 7.16. The molecule has 164 valence electrons. The molecule has 1 fully saturated rings. The van der Waals surface area contributed by atoms with Crippen molar-refractivity contribution in [2.24, 2.45) is 0 Å². The largest absolute Gasteiger partial charge is 0.482 e. The van der Waals surface area contributed by atoms with E-state index in [9.17, 15) is 22.4 Å². The Hall–Kier alpha value is -2.69. The van der Waals surface area contributed by atoms with Crippen LogP contribution in [-0.2, 0) is 26.0 Å². The second kappa shape index (κ2) is 8.45. The van der Waals surface area contributed by atoms with Crippen LogP contribution < -0.4 is 10.1 Å². The first-order valence-electron chi connectivity index (χ1n) is 9.53. The van der Waals surface area contributed by atoms with Crippen molar-refractivity contribution in [1.82, 2.24) is 9.21 Å². The van der Waals surface area contributed by atoms with E-state index in [-0.39, 0.29) is 66.5 Å². The number of amides is 2. The maximum Gasteiger partial charge on any atom is 0.262 e. The van der Waals surface area contributed by atoms with Crippen molar-refractivity contribution in [3.05, 3.63) is 52.8 Å². The number of ether oxygens (including phenoxy) is 1. The molecular weight excluding hydrogens is 449 g/mol. The topological polar surface area (TPSA) is 96.0 Å². The molecule has 0 aromatic heterocycles. The van der Waals surface area contributed by atoms with E-state index in [4.69, 9.17) is 16.3 Å². The van der Waals surface area contributed by atoms with Gasteiger partial charge in [0.15, 0.2) is 6.61 Å². The van der Waals surface area contributed by atoms with Crippen LogP contribution >= 0.6 is 11.6 Å². The molecule has 4 rings (SSSR count). The minimum absolute atomic E-state index is 0.0231. The minimum Gasteiger partial charge on any atom is -0.482 e. The van der Waals surface area contributed by atoms with E-state index in [0.29, 0.717) is 11.4 Å². The number of hydrogen-bond donors (Lipinski definition) is 1. The molecule has 0 radical (unpaired) electrons. The lowest BCUT2D eigenvalue weighted by Gasteiger charge is -2.34. The number of benzene rings is 2. The lowest BCUT2D eigenvalue weighted by Crippen LogP contribution is -2.50. The van der Waals surface area contributed by atoms with E-state index in [1.54, 1.807) is 0 Å². The number of nitrogens with one attached hydrogen (secondary N) is 1. The number of nitrogens with zero attached hydrogens (tertiary/aromatic N) is 2. The molecule has 1 N–H and O–H groups in total. The first-order chi connectivity index (χ1) is 14.8. The zero-order chi connectivity index (χ0) is 22.2. The van der Waals surface area contributed by atoms with E-state index in [1.807, 2.05) is 0 Å². The fourth-order valence-corrected chi connectivity index (χ4v) is 5.19. The monoisotopic (exact) mass is 467 g/mol. The predicted molar refractivity (Wildman–Crippen MR) is 111 cm³/mol. The highest BCUT2D eigenvalue weighted by Crippen LogP contribution is 2.31. The van der Waals surface area contributed by atoms with E-state index in [0.717, 1.165) is 0 Å². The third-order valence-electron chi connectivity index (χ3n) is 5.20. The minimum atomic E-state index is -3.83. The van der Waals surface area contributed by atoms with Crippen LogP contribution in [0.25, 0.3) is 0 Å². The molecule has 11 heteroatoms. The molecule has 0 bridgehead atoms. The van der Waals surface area contributed by atoms with Crippen molar-refractivity contribution < 1.29 is 27.1 Å². The first-order valence-corrected chi connectivity index (χ1v) is 11.3. The summed E-state index contributed by atoms with van der Waals surface area (Å²) in [5.41, 5.74) is 0.426. The maximum atomic E-state index is 14.0. The van der Waals surface area contributed by atoms with Gasteiger partial charge in [0.2, 0.25) is 15.9 Å². The van der Waals surface area contributed by atoms with Crippen LogP contribution in [0.15, 0.2) is 41.3 Å². The molecule has 0 saturated carbocycles. The van der Waals surface area contributed by atoms with Gasteiger partial charge in [-0.25, -0.2) is 12.8 Å². The Bertz CT molecular complexity index is 1130. The van der Waals surface area contributed by atoms with Crippen molar-refractivity contribution in [3.63, 3.8) is 0 Å². The molecule has 1 saturated heterocycles. The molecule has 31 heavy (non-hydrogen) atoms. The van der Waals surface area contributed by atoms with Crippen molar-refractivity contribution in [2.75, 3.05) is 38.1 Å². The van der Waals surface area contributed by atoms with Crippen LogP contribution in [0.3, 0.4) is 0 Å². The number of carbonyl (C=O) groups is 2. The number of rotatable bonds is 4. The molecule has 2 heterocycles. The number of carbonyl (C=O) groups excluding carboxylic acids is 2. The Morgan fingerprint density at radius 2 is 1.90 bits per heavy atom. The number of halogens is 2. The standard InChI is InChI=1S/C20H19ClFN3O5S/c21-15-2-1-3-16(22)14(15)11-20(27)24-6-8-25(9-7-24)31(28,29)13-4-5-18-17(10-13)23-19(26)12-30-18/h1-5,10H,6-9,11-12H2,(H,23,26).